The number of aliphatic carboxylic acids is 1. The van der Waals surface area contributed by atoms with E-state index in [-0.39, 0.29) is 38.3 Å². The first-order chi connectivity index (χ1) is 23.3. The average molecular weight is 660 g/mol. The van der Waals surface area contributed by atoms with Crippen molar-refractivity contribution in [2.75, 3.05) is 31.6 Å². The van der Waals surface area contributed by atoms with Crippen molar-refractivity contribution in [1.82, 2.24) is 20.7 Å². The maximum Gasteiger partial charge on any atom is 0.528 e. The minimum absolute atomic E-state index is 0.0511. The van der Waals surface area contributed by atoms with Gasteiger partial charge in [-0.1, -0.05) is 79.6 Å². The molecule has 1 aromatic heterocycles. The number of benzene rings is 2. The molecular formula is C35H41N5O8. The lowest BCUT2D eigenvalue weighted by molar-refractivity contribution is -0.144. The van der Waals surface area contributed by atoms with E-state index in [1.54, 1.807) is 12.3 Å². The molecule has 0 spiro atoms. The monoisotopic (exact) mass is 659 g/mol. The molecule has 0 bridgehead atoms. The number of anilines is 1. The molecule has 2 aromatic carbocycles. The van der Waals surface area contributed by atoms with Crippen LogP contribution in [0.2, 0.25) is 0 Å². The Kier molecular flexibility index (Phi) is 11.9. The van der Waals surface area contributed by atoms with E-state index >= 15 is 0 Å². The SMILES string of the molecule is O=C(COC1CC(CNc2ccccn2)N(OC(=O)OCc2ccccc2)C1)NCC(NC(=O)C1(c2ccccc2)CCCC1)C(=O)O. The number of carboxylic acids is 1. The second-order valence-electron chi connectivity index (χ2n) is 12.0. The van der Waals surface area contributed by atoms with E-state index < -0.39 is 35.6 Å². The smallest absolute Gasteiger partial charge is 0.480 e. The Morgan fingerprint density at radius 2 is 1.67 bits per heavy atom. The number of hydroxylamine groups is 2. The molecule has 2 heterocycles. The Balaban J connectivity index is 1.12. The summed E-state index contributed by atoms with van der Waals surface area (Å²) in [4.78, 5) is 60.6. The number of pyridine rings is 1. The number of amides is 2. The van der Waals surface area contributed by atoms with Gasteiger partial charge in [-0.05, 0) is 42.5 Å². The topological polar surface area (TPSA) is 168 Å². The zero-order valence-electron chi connectivity index (χ0n) is 26.6. The third-order valence-electron chi connectivity index (χ3n) is 8.68. The van der Waals surface area contributed by atoms with Gasteiger partial charge in [0.25, 0.3) is 0 Å². The highest BCUT2D eigenvalue weighted by molar-refractivity contribution is 5.92. The minimum Gasteiger partial charge on any atom is -0.480 e. The molecule has 4 N–H and O–H groups in total. The Bertz CT molecular complexity index is 1510. The predicted octanol–water partition coefficient (Wildman–Crippen LogP) is 3.42. The van der Waals surface area contributed by atoms with E-state index in [9.17, 15) is 24.3 Å². The number of rotatable bonds is 15. The van der Waals surface area contributed by atoms with E-state index in [4.69, 9.17) is 14.3 Å². The van der Waals surface area contributed by atoms with Gasteiger partial charge < -0.3 is 35.4 Å². The summed E-state index contributed by atoms with van der Waals surface area (Å²) in [5.41, 5.74) is 0.874. The third kappa shape index (κ3) is 9.29. The van der Waals surface area contributed by atoms with Crippen LogP contribution in [0, 0.1) is 0 Å². The number of hydrogen-bond donors (Lipinski definition) is 4. The molecule has 13 nitrogen and oxygen atoms in total. The fourth-order valence-corrected chi connectivity index (χ4v) is 6.13. The fourth-order valence-electron chi connectivity index (χ4n) is 6.13. The summed E-state index contributed by atoms with van der Waals surface area (Å²) in [6.45, 7) is -0.0594. The van der Waals surface area contributed by atoms with Crippen LogP contribution >= 0.6 is 0 Å². The lowest BCUT2D eigenvalue weighted by Crippen LogP contribution is -2.54. The Labute approximate surface area is 278 Å². The van der Waals surface area contributed by atoms with Gasteiger partial charge in [-0.25, -0.2) is 14.6 Å². The van der Waals surface area contributed by atoms with Gasteiger partial charge in [-0.3, -0.25) is 9.59 Å². The van der Waals surface area contributed by atoms with E-state index in [0.29, 0.717) is 31.6 Å². The second kappa shape index (κ2) is 16.7. The molecule has 5 rings (SSSR count). The molecule has 48 heavy (non-hydrogen) atoms. The van der Waals surface area contributed by atoms with Gasteiger partial charge in [0, 0.05) is 19.3 Å². The van der Waals surface area contributed by atoms with Crippen molar-refractivity contribution >= 4 is 29.8 Å². The molecular weight excluding hydrogens is 618 g/mol. The quantitative estimate of drug-likeness (QED) is 0.177. The zero-order valence-corrected chi connectivity index (χ0v) is 26.6. The molecule has 2 fully saturated rings. The van der Waals surface area contributed by atoms with Gasteiger partial charge in [-0.2, -0.15) is 0 Å². The second-order valence-corrected chi connectivity index (χ2v) is 12.0. The van der Waals surface area contributed by atoms with Crippen LogP contribution in [0.15, 0.2) is 85.1 Å². The van der Waals surface area contributed by atoms with Crippen molar-refractivity contribution in [1.29, 1.82) is 0 Å². The summed E-state index contributed by atoms with van der Waals surface area (Å²) in [6.07, 6.45) is 3.73. The Morgan fingerprint density at radius 1 is 0.958 bits per heavy atom. The number of carbonyl (C=O) groups is 4. The molecule has 1 aliphatic heterocycles. The maximum atomic E-state index is 13.5. The van der Waals surface area contributed by atoms with Gasteiger partial charge in [-0.15, -0.1) is 5.06 Å². The molecule has 1 aliphatic carbocycles. The van der Waals surface area contributed by atoms with Crippen molar-refractivity contribution in [3.63, 3.8) is 0 Å². The highest BCUT2D eigenvalue weighted by atomic mass is 16.8. The number of nitrogens with zero attached hydrogens (tertiary/aromatic N) is 2. The van der Waals surface area contributed by atoms with Crippen LogP contribution in [-0.2, 0) is 40.7 Å². The van der Waals surface area contributed by atoms with E-state index in [0.717, 1.165) is 24.0 Å². The fraction of sp³-hybridized carbons (Fsp3) is 0.400. The summed E-state index contributed by atoms with van der Waals surface area (Å²) < 4.78 is 11.1. The standard InChI is InChI=1S/C35H41N5O8/c41-31(38-21-29(32(42)43)39-33(44)35(16-8-9-17-35)26-13-5-2-6-14-26)24-46-28-19-27(20-37-30-15-7-10-18-36-30)40(22-28)48-34(45)47-23-25-11-3-1-4-12-25/h1-7,10-15,18,27-29H,8-9,16-17,19-24H2,(H,36,37)(H,38,41)(H,39,44)(H,42,43). The summed E-state index contributed by atoms with van der Waals surface area (Å²) in [7, 11) is 0. The predicted molar refractivity (Wildman–Crippen MR) is 174 cm³/mol. The highest BCUT2D eigenvalue weighted by Crippen LogP contribution is 2.41. The van der Waals surface area contributed by atoms with Crippen LogP contribution in [0.3, 0.4) is 0 Å². The first-order valence-corrected chi connectivity index (χ1v) is 16.1. The Hall–Kier alpha value is -5.01. The summed E-state index contributed by atoms with van der Waals surface area (Å²) in [5, 5.41) is 19.7. The van der Waals surface area contributed by atoms with Gasteiger partial charge in [0.1, 0.15) is 25.1 Å². The number of ether oxygens (including phenoxy) is 2. The molecule has 0 radical (unpaired) electrons. The van der Waals surface area contributed by atoms with E-state index in [1.165, 1.54) is 5.06 Å². The molecule has 1 saturated heterocycles. The van der Waals surface area contributed by atoms with Crippen LogP contribution < -0.4 is 16.0 Å². The van der Waals surface area contributed by atoms with Gasteiger partial charge >= 0.3 is 12.1 Å². The maximum absolute atomic E-state index is 13.5. The lowest BCUT2D eigenvalue weighted by atomic mass is 9.78. The van der Waals surface area contributed by atoms with Crippen molar-refractivity contribution in [3.8, 4) is 0 Å². The molecule has 13 heteroatoms. The molecule has 2 aliphatic rings. The highest BCUT2D eigenvalue weighted by Gasteiger charge is 2.44. The third-order valence-corrected chi connectivity index (χ3v) is 8.68. The number of aromatic nitrogens is 1. The summed E-state index contributed by atoms with van der Waals surface area (Å²) in [6, 6.07) is 22.4. The first kappa shape index (κ1) is 34.3. The lowest BCUT2D eigenvalue weighted by Gasteiger charge is -2.30. The molecule has 3 aromatic rings. The zero-order chi connectivity index (χ0) is 33.8. The van der Waals surface area contributed by atoms with E-state index in [1.807, 2.05) is 72.8 Å². The van der Waals surface area contributed by atoms with Crippen LogP contribution in [0.25, 0.3) is 0 Å². The van der Waals surface area contributed by atoms with Crippen LogP contribution in [0.1, 0.15) is 43.2 Å². The van der Waals surface area contributed by atoms with Crippen LogP contribution in [0.4, 0.5) is 10.6 Å². The van der Waals surface area contributed by atoms with Gasteiger partial charge in [0.2, 0.25) is 11.8 Å². The molecule has 1 saturated carbocycles. The van der Waals surface area contributed by atoms with Gasteiger partial charge in [0.05, 0.1) is 24.1 Å². The largest absolute Gasteiger partial charge is 0.528 e. The van der Waals surface area contributed by atoms with Crippen LogP contribution in [0.5, 0.6) is 0 Å². The number of hydrogen-bond acceptors (Lipinski definition) is 10. The molecule has 3 unspecified atom stereocenters. The van der Waals surface area contributed by atoms with Crippen molar-refractivity contribution in [2.45, 2.75) is 62.3 Å². The van der Waals surface area contributed by atoms with Crippen LogP contribution in [-0.4, -0.2) is 83.5 Å². The molecule has 254 valence electrons. The number of carboxylic acid groups (broad SMARTS) is 1. The molecule has 3 atom stereocenters. The summed E-state index contributed by atoms with van der Waals surface area (Å²) >= 11 is 0. The van der Waals surface area contributed by atoms with Crippen molar-refractivity contribution < 1.29 is 38.6 Å². The normalized spacial score (nSPS) is 19.2. The average Bonchev–Trinajstić information content (AvgIpc) is 3.76. The summed E-state index contributed by atoms with van der Waals surface area (Å²) in [5.74, 6) is -1.51. The number of carbonyl (C=O) groups excluding carboxylic acids is 3. The van der Waals surface area contributed by atoms with Gasteiger partial charge in [0.15, 0.2) is 0 Å². The van der Waals surface area contributed by atoms with E-state index in [2.05, 4.69) is 20.9 Å². The number of nitrogens with one attached hydrogen (secondary N) is 3. The Morgan fingerprint density at radius 3 is 2.35 bits per heavy atom. The minimum atomic E-state index is -1.32. The van der Waals surface area contributed by atoms with Crippen molar-refractivity contribution in [3.05, 3.63) is 96.2 Å². The molecule has 2 amide bonds. The van der Waals surface area contributed by atoms with Crippen molar-refractivity contribution in [2.24, 2.45) is 0 Å². The first-order valence-electron chi connectivity index (χ1n) is 16.1.